The van der Waals surface area contributed by atoms with Crippen LogP contribution in [0.2, 0.25) is 0 Å². The molecule has 0 unspecified atom stereocenters. The summed E-state index contributed by atoms with van der Waals surface area (Å²) in [7, 11) is 4.05. The molecule has 8 heteroatoms. The van der Waals surface area contributed by atoms with E-state index in [0.29, 0.717) is 13.1 Å². The van der Waals surface area contributed by atoms with Gasteiger partial charge in [-0.1, -0.05) is 0 Å². The Morgan fingerprint density at radius 3 is 3.00 bits per heavy atom. The van der Waals surface area contributed by atoms with Crippen molar-refractivity contribution in [1.82, 2.24) is 29.1 Å². The molecule has 130 valence electrons. The van der Waals surface area contributed by atoms with Crippen LogP contribution in [0.3, 0.4) is 0 Å². The van der Waals surface area contributed by atoms with Crippen LogP contribution < -0.4 is 5.32 Å². The third kappa shape index (κ3) is 3.59. The number of urea groups is 1. The lowest BCUT2D eigenvalue weighted by molar-refractivity contribution is 0.205. The average molecular weight is 331 g/mol. The van der Waals surface area contributed by atoms with Crippen LogP contribution in [0.15, 0.2) is 18.7 Å². The Morgan fingerprint density at radius 1 is 1.42 bits per heavy atom. The van der Waals surface area contributed by atoms with Crippen molar-refractivity contribution < 1.29 is 4.79 Å². The van der Waals surface area contributed by atoms with Gasteiger partial charge in [0.1, 0.15) is 0 Å². The zero-order chi connectivity index (χ0) is 17.1. The zero-order valence-corrected chi connectivity index (χ0v) is 14.6. The SMILES string of the molecule is CCn1cnc2c1CCN(C(=O)Nc1cnn(CCN(C)C)c1)C2. The van der Waals surface area contributed by atoms with Crippen molar-refractivity contribution in [3.63, 3.8) is 0 Å². The highest BCUT2D eigenvalue weighted by Gasteiger charge is 2.24. The molecule has 3 heterocycles. The van der Waals surface area contributed by atoms with Crippen LogP contribution in [0.5, 0.6) is 0 Å². The van der Waals surface area contributed by atoms with Crippen molar-refractivity contribution in [3.05, 3.63) is 30.1 Å². The molecule has 3 rings (SSSR count). The molecule has 0 atom stereocenters. The monoisotopic (exact) mass is 331 g/mol. The molecule has 0 aliphatic carbocycles. The van der Waals surface area contributed by atoms with Gasteiger partial charge in [-0.25, -0.2) is 9.78 Å². The van der Waals surface area contributed by atoms with Gasteiger partial charge in [0.25, 0.3) is 0 Å². The van der Waals surface area contributed by atoms with Crippen LogP contribution in [0, 0.1) is 0 Å². The Kier molecular flexibility index (Phi) is 4.84. The van der Waals surface area contributed by atoms with Crippen molar-refractivity contribution >= 4 is 11.7 Å². The fourth-order valence-corrected chi connectivity index (χ4v) is 2.87. The van der Waals surface area contributed by atoms with Crippen molar-refractivity contribution in [2.45, 2.75) is 33.0 Å². The third-order valence-corrected chi connectivity index (χ3v) is 4.28. The first kappa shape index (κ1) is 16.5. The first-order valence-electron chi connectivity index (χ1n) is 8.32. The minimum atomic E-state index is -0.0983. The number of amides is 2. The summed E-state index contributed by atoms with van der Waals surface area (Å²) < 4.78 is 3.99. The van der Waals surface area contributed by atoms with Crippen LogP contribution in [-0.2, 0) is 26.1 Å². The first-order chi connectivity index (χ1) is 11.6. The van der Waals surface area contributed by atoms with E-state index < -0.39 is 0 Å². The molecule has 24 heavy (non-hydrogen) atoms. The van der Waals surface area contributed by atoms with Gasteiger partial charge in [-0.05, 0) is 21.0 Å². The summed E-state index contributed by atoms with van der Waals surface area (Å²) in [5, 5.41) is 7.20. The van der Waals surface area contributed by atoms with Crippen molar-refractivity contribution in [2.24, 2.45) is 0 Å². The highest BCUT2D eigenvalue weighted by atomic mass is 16.2. The highest BCUT2D eigenvalue weighted by Crippen LogP contribution is 2.18. The smallest absolute Gasteiger partial charge is 0.322 e. The molecule has 1 aliphatic rings. The van der Waals surface area contributed by atoms with Gasteiger partial charge in [-0.2, -0.15) is 5.10 Å². The maximum Gasteiger partial charge on any atom is 0.322 e. The molecule has 1 aliphatic heterocycles. The summed E-state index contributed by atoms with van der Waals surface area (Å²) in [5.41, 5.74) is 2.97. The summed E-state index contributed by atoms with van der Waals surface area (Å²) in [6.45, 7) is 5.99. The topological polar surface area (TPSA) is 71.2 Å². The van der Waals surface area contributed by atoms with Gasteiger partial charge < -0.3 is 19.7 Å². The number of aryl methyl sites for hydroxylation is 1. The molecule has 0 spiro atoms. The molecule has 0 saturated heterocycles. The maximum atomic E-state index is 12.5. The Balaban J connectivity index is 1.58. The summed E-state index contributed by atoms with van der Waals surface area (Å²) >= 11 is 0. The molecular formula is C16H25N7O. The number of carbonyl (C=O) groups is 1. The number of imidazole rings is 1. The number of rotatable bonds is 5. The summed E-state index contributed by atoms with van der Waals surface area (Å²) in [4.78, 5) is 20.8. The van der Waals surface area contributed by atoms with E-state index in [0.717, 1.165) is 37.4 Å². The Labute approximate surface area is 142 Å². The minimum Gasteiger partial charge on any atom is -0.334 e. The normalized spacial score (nSPS) is 14.1. The number of hydrogen-bond donors (Lipinski definition) is 1. The van der Waals surface area contributed by atoms with Crippen LogP contribution in [0.4, 0.5) is 10.5 Å². The predicted octanol–water partition coefficient (Wildman–Crippen LogP) is 1.25. The van der Waals surface area contributed by atoms with E-state index in [4.69, 9.17) is 0 Å². The lowest BCUT2D eigenvalue weighted by Gasteiger charge is -2.27. The maximum absolute atomic E-state index is 12.5. The fourth-order valence-electron chi connectivity index (χ4n) is 2.87. The third-order valence-electron chi connectivity index (χ3n) is 4.28. The number of aromatic nitrogens is 4. The second-order valence-electron chi connectivity index (χ2n) is 6.32. The van der Waals surface area contributed by atoms with E-state index in [1.807, 2.05) is 31.3 Å². The van der Waals surface area contributed by atoms with Crippen molar-refractivity contribution in [3.8, 4) is 0 Å². The lowest BCUT2D eigenvalue weighted by atomic mass is 10.1. The Morgan fingerprint density at radius 2 is 2.25 bits per heavy atom. The van der Waals surface area contributed by atoms with E-state index in [9.17, 15) is 4.79 Å². The van der Waals surface area contributed by atoms with Crippen molar-refractivity contribution in [1.29, 1.82) is 0 Å². The molecule has 0 saturated carbocycles. The van der Waals surface area contributed by atoms with Gasteiger partial charge in [-0.3, -0.25) is 4.68 Å². The van der Waals surface area contributed by atoms with E-state index in [1.165, 1.54) is 5.69 Å². The second kappa shape index (κ2) is 7.04. The van der Waals surface area contributed by atoms with Crippen molar-refractivity contribution in [2.75, 3.05) is 32.5 Å². The molecule has 0 bridgehead atoms. The van der Waals surface area contributed by atoms with E-state index >= 15 is 0 Å². The largest absolute Gasteiger partial charge is 0.334 e. The number of hydrogen-bond acceptors (Lipinski definition) is 4. The summed E-state index contributed by atoms with van der Waals surface area (Å²) in [6.07, 6.45) is 6.26. The van der Waals surface area contributed by atoms with Gasteiger partial charge in [-0.15, -0.1) is 0 Å². The van der Waals surface area contributed by atoms with Crippen LogP contribution in [0.1, 0.15) is 18.3 Å². The van der Waals surface area contributed by atoms with Crippen LogP contribution in [-0.4, -0.2) is 62.3 Å². The standard InChI is InChI=1S/C16H25N7O/c1-4-21-12-17-14-11-22(6-5-15(14)21)16(24)19-13-9-18-23(10-13)8-7-20(2)3/h9-10,12H,4-8,11H2,1-3H3,(H,19,24). The van der Waals surface area contributed by atoms with Gasteiger partial charge in [0, 0.05) is 37.9 Å². The molecule has 2 aromatic heterocycles. The summed E-state index contributed by atoms with van der Waals surface area (Å²) in [6, 6.07) is -0.0983. The number of nitrogens with zero attached hydrogens (tertiary/aromatic N) is 6. The van der Waals surface area contributed by atoms with Crippen LogP contribution in [0.25, 0.3) is 0 Å². The highest BCUT2D eigenvalue weighted by molar-refractivity contribution is 5.89. The molecule has 0 radical (unpaired) electrons. The lowest BCUT2D eigenvalue weighted by Crippen LogP contribution is -2.39. The van der Waals surface area contributed by atoms with Gasteiger partial charge in [0.15, 0.2) is 0 Å². The van der Waals surface area contributed by atoms with Gasteiger partial charge >= 0.3 is 6.03 Å². The summed E-state index contributed by atoms with van der Waals surface area (Å²) in [5.74, 6) is 0. The van der Waals surface area contributed by atoms with E-state index in [2.05, 4.69) is 31.8 Å². The molecule has 0 aromatic carbocycles. The Bertz CT molecular complexity index is 703. The number of carbonyl (C=O) groups excluding carboxylic acids is 1. The minimum absolute atomic E-state index is 0.0983. The molecule has 1 N–H and O–H groups in total. The Hall–Kier alpha value is -2.35. The second-order valence-corrected chi connectivity index (χ2v) is 6.32. The van der Waals surface area contributed by atoms with E-state index in [1.54, 1.807) is 11.1 Å². The zero-order valence-electron chi connectivity index (χ0n) is 14.6. The molecule has 2 aromatic rings. The quantitative estimate of drug-likeness (QED) is 0.895. The number of anilines is 1. The predicted molar refractivity (Wildman–Crippen MR) is 91.8 cm³/mol. The molecule has 0 fully saturated rings. The number of likely N-dealkylation sites (N-methyl/N-ethyl adjacent to an activating group) is 1. The number of nitrogens with one attached hydrogen (secondary N) is 1. The average Bonchev–Trinajstić information content (AvgIpc) is 3.18. The van der Waals surface area contributed by atoms with Gasteiger partial charge in [0.05, 0.1) is 37.0 Å². The van der Waals surface area contributed by atoms with E-state index in [-0.39, 0.29) is 6.03 Å². The first-order valence-corrected chi connectivity index (χ1v) is 8.32. The fraction of sp³-hybridized carbons (Fsp3) is 0.562. The molecule has 2 amide bonds. The van der Waals surface area contributed by atoms with Gasteiger partial charge in [0.2, 0.25) is 0 Å². The van der Waals surface area contributed by atoms with Crippen LogP contribution >= 0.6 is 0 Å². The number of fused-ring (bicyclic) bond motifs is 1. The molecule has 8 nitrogen and oxygen atoms in total. The molecular weight excluding hydrogens is 306 g/mol.